The molecule has 104 valence electrons. The monoisotopic (exact) mass is 260 g/mol. The van der Waals surface area contributed by atoms with Gasteiger partial charge in [-0.05, 0) is 30.0 Å². The Morgan fingerprint density at radius 2 is 2.11 bits per heavy atom. The van der Waals surface area contributed by atoms with Crippen molar-refractivity contribution in [2.24, 2.45) is 5.73 Å². The SMILES string of the molecule is NCCN(Cc1ccc2c(c1)CCO2)C1CCCC1. The van der Waals surface area contributed by atoms with Crippen LogP contribution in [0.1, 0.15) is 36.8 Å². The van der Waals surface area contributed by atoms with Gasteiger partial charge in [0.05, 0.1) is 6.61 Å². The molecule has 0 saturated heterocycles. The Labute approximate surface area is 115 Å². The number of nitrogens with two attached hydrogens (primary N) is 1. The quantitative estimate of drug-likeness (QED) is 0.883. The second-order valence-electron chi connectivity index (χ2n) is 5.74. The average molecular weight is 260 g/mol. The third-order valence-corrected chi connectivity index (χ3v) is 4.40. The summed E-state index contributed by atoms with van der Waals surface area (Å²) in [5, 5.41) is 0. The fourth-order valence-corrected chi connectivity index (χ4v) is 3.40. The molecule has 1 aliphatic heterocycles. The minimum absolute atomic E-state index is 0.744. The summed E-state index contributed by atoms with van der Waals surface area (Å²) >= 11 is 0. The highest BCUT2D eigenvalue weighted by Gasteiger charge is 2.22. The summed E-state index contributed by atoms with van der Waals surface area (Å²) < 4.78 is 5.57. The van der Waals surface area contributed by atoms with Gasteiger partial charge in [-0.1, -0.05) is 25.0 Å². The molecule has 1 heterocycles. The maximum absolute atomic E-state index is 5.78. The molecule has 1 fully saturated rings. The van der Waals surface area contributed by atoms with Gasteiger partial charge in [-0.3, -0.25) is 4.90 Å². The van der Waals surface area contributed by atoms with Gasteiger partial charge in [0.15, 0.2) is 0 Å². The zero-order valence-corrected chi connectivity index (χ0v) is 11.6. The maximum Gasteiger partial charge on any atom is 0.122 e. The van der Waals surface area contributed by atoms with Crippen molar-refractivity contribution < 1.29 is 4.74 Å². The fourth-order valence-electron chi connectivity index (χ4n) is 3.40. The summed E-state index contributed by atoms with van der Waals surface area (Å²) in [6.45, 7) is 3.64. The van der Waals surface area contributed by atoms with E-state index in [2.05, 4.69) is 23.1 Å². The average Bonchev–Trinajstić information content (AvgIpc) is 3.09. The van der Waals surface area contributed by atoms with Crippen LogP contribution < -0.4 is 10.5 Å². The standard InChI is InChI=1S/C16H24N2O/c17-8-9-18(15-3-1-2-4-15)12-13-5-6-16-14(11-13)7-10-19-16/h5-6,11,15H,1-4,7-10,12,17H2. The molecule has 0 bridgehead atoms. The van der Waals surface area contributed by atoms with Crippen molar-refractivity contribution in [2.45, 2.75) is 44.7 Å². The van der Waals surface area contributed by atoms with Crippen molar-refractivity contribution in [3.05, 3.63) is 29.3 Å². The Bertz CT molecular complexity index is 427. The molecule has 0 spiro atoms. The highest BCUT2D eigenvalue weighted by Crippen LogP contribution is 2.28. The predicted octanol–water partition coefficient (Wildman–Crippen LogP) is 2.32. The first-order valence-corrected chi connectivity index (χ1v) is 7.55. The third-order valence-electron chi connectivity index (χ3n) is 4.40. The molecule has 0 radical (unpaired) electrons. The number of fused-ring (bicyclic) bond motifs is 1. The molecule has 0 unspecified atom stereocenters. The van der Waals surface area contributed by atoms with E-state index in [1.165, 1.54) is 36.8 Å². The van der Waals surface area contributed by atoms with Gasteiger partial charge >= 0.3 is 0 Å². The van der Waals surface area contributed by atoms with Gasteiger partial charge < -0.3 is 10.5 Å². The molecule has 3 heteroatoms. The van der Waals surface area contributed by atoms with E-state index in [0.717, 1.165) is 44.5 Å². The molecule has 3 rings (SSSR count). The van der Waals surface area contributed by atoms with Crippen LogP contribution in [0.25, 0.3) is 0 Å². The highest BCUT2D eigenvalue weighted by molar-refractivity contribution is 5.39. The van der Waals surface area contributed by atoms with E-state index in [1.54, 1.807) is 0 Å². The molecule has 0 amide bonds. The molecule has 0 atom stereocenters. The van der Waals surface area contributed by atoms with E-state index in [4.69, 9.17) is 10.5 Å². The topological polar surface area (TPSA) is 38.5 Å². The molecule has 0 aromatic heterocycles. The predicted molar refractivity (Wildman–Crippen MR) is 77.4 cm³/mol. The summed E-state index contributed by atoms with van der Waals surface area (Å²) in [7, 11) is 0. The largest absolute Gasteiger partial charge is 0.493 e. The summed E-state index contributed by atoms with van der Waals surface area (Å²) in [4.78, 5) is 2.57. The van der Waals surface area contributed by atoms with Crippen LogP contribution in [0.3, 0.4) is 0 Å². The molecule has 3 nitrogen and oxygen atoms in total. The lowest BCUT2D eigenvalue weighted by molar-refractivity contribution is 0.195. The van der Waals surface area contributed by atoms with E-state index in [-0.39, 0.29) is 0 Å². The van der Waals surface area contributed by atoms with Gasteiger partial charge in [0.1, 0.15) is 5.75 Å². The van der Waals surface area contributed by atoms with Crippen molar-refractivity contribution in [2.75, 3.05) is 19.7 Å². The zero-order valence-electron chi connectivity index (χ0n) is 11.6. The summed E-state index contributed by atoms with van der Waals surface area (Å²) in [5.74, 6) is 1.08. The molecule has 1 aliphatic carbocycles. The first-order chi connectivity index (χ1) is 9.36. The lowest BCUT2D eigenvalue weighted by Gasteiger charge is -2.28. The van der Waals surface area contributed by atoms with E-state index >= 15 is 0 Å². The van der Waals surface area contributed by atoms with Gasteiger partial charge in [-0.15, -0.1) is 0 Å². The molecule has 1 aromatic carbocycles. The van der Waals surface area contributed by atoms with E-state index in [9.17, 15) is 0 Å². The van der Waals surface area contributed by atoms with Crippen LogP contribution in [0.4, 0.5) is 0 Å². The van der Waals surface area contributed by atoms with Crippen molar-refractivity contribution >= 4 is 0 Å². The molecule has 19 heavy (non-hydrogen) atoms. The Kier molecular flexibility index (Phi) is 4.04. The molecule has 2 aliphatic rings. The zero-order chi connectivity index (χ0) is 13.1. The number of benzene rings is 1. The number of hydrogen-bond acceptors (Lipinski definition) is 3. The summed E-state index contributed by atoms with van der Waals surface area (Å²) in [6, 6.07) is 7.41. The van der Waals surface area contributed by atoms with Crippen LogP contribution in [0, 0.1) is 0 Å². The van der Waals surface area contributed by atoms with Crippen LogP contribution in [0.2, 0.25) is 0 Å². The second-order valence-corrected chi connectivity index (χ2v) is 5.74. The fraction of sp³-hybridized carbons (Fsp3) is 0.625. The Hall–Kier alpha value is -1.06. The van der Waals surface area contributed by atoms with E-state index < -0.39 is 0 Å². The number of hydrogen-bond donors (Lipinski definition) is 1. The first-order valence-electron chi connectivity index (χ1n) is 7.55. The van der Waals surface area contributed by atoms with Gasteiger partial charge in [-0.25, -0.2) is 0 Å². The van der Waals surface area contributed by atoms with Gasteiger partial charge in [0, 0.05) is 32.1 Å². The van der Waals surface area contributed by atoms with Crippen LogP contribution in [0.5, 0.6) is 5.75 Å². The van der Waals surface area contributed by atoms with Crippen molar-refractivity contribution in [1.82, 2.24) is 4.90 Å². The van der Waals surface area contributed by atoms with Crippen LogP contribution in [-0.4, -0.2) is 30.6 Å². The van der Waals surface area contributed by atoms with E-state index in [0.29, 0.717) is 0 Å². The van der Waals surface area contributed by atoms with Crippen LogP contribution >= 0.6 is 0 Å². The summed E-state index contributed by atoms with van der Waals surface area (Å²) in [5.41, 5.74) is 8.56. The number of ether oxygens (including phenoxy) is 1. The Morgan fingerprint density at radius 1 is 1.26 bits per heavy atom. The maximum atomic E-state index is 5.78. The van der Waals surface area contributed by atoms with Gasteiger partial charge in [0.2, 0.25) is 0 Å². The van der Waals surface area contributed by atoms with Crippen LogP contribution in [-0.2, 0) is 13.0 Å². The minimum atomic E-state index is 0.744. The van der Waals surface area contributed by atoms with Crippen molar-refractivity contribution in [1.29, 1.82) is 0 Å². The molecular weight excluding hydrogens is 236 g/mol. The highest BCUT2D eigenvalue weighted by atomic mass is 16.5. The molecule has 1 saturated carbocycles. The minimum Gasteiger partial charge on any atom is -0.493 e. The van der Waals surface area contributed by atoms with Crippen molar-refractivity contribution in [3.63, 3.8) is 0 Å². The lowest BCUT2D eigenvalue weighted by atomic mass is 10.1. The first kappa shape index (κ1) is 12.9. The smallest absolute Gasteiger partial charge is 0.122 e. The molecule has 1 aromatic rings. The lowest BCUT2D eigenvalue weighted by Crippen LogP contribution is -2.36. The van der Waals surface area contributed by atoms with E-state index in [1.807, 2.05) is 0 Å². The number of nitrogens with zero attached hydrogens (tertiary/aromatic N) is 1. The normalized spacial score (nSPS) is 18.8. The van der Waals surface area contributed by atoms with Crippen molar-refractivity contribution in [3.8, 4) is 5.75 Å². The summed E-state index contributed by atoms with van der Waals surface area (Å²) in [6.07, 6.45) is 6.50. The van der Waals surface area contributed by atoms with Gasteiger partial charge in [-0.2, -0.15) is 0 Å². The molecular formula is C16H24N2O. The Morgan fingerprint density at radius 3 is 2.89 bits per heavy atom. The third kappa shape index (κ3) is 2.93. The number of rotatable bonds is 5. The second kappa shape index (κ2) is 5.93. The Balaban J connectivity index is 1.70. The van der Waals surface area contributed by atoms with Gasteiger partial charge in [0.25, 0.3) is 0 Å². The van der Waals surface area contributed by atoms with Crippen LogP contribution in [0.15, 0.2) is 18.2 Å². The molecule has 2 N–H and O–H groups in total.